The zero-order valence-corrected chi connectivity index (χ0v) is 14.2. The van der Waals surface area contributed by atoms with Gasteiger partial charge >= 0.3 is 0 Å². The minimum Gasteiger partial charge on any atom is -0.273 e. The van der Waals surface area contributed by atoms with Crippen LogP contribution in [-0.2, 0) is 14.6 Å². The van der Waals surface area contributed by atoms with Crippen LogP contribution < -0.4 is 10.9 Å². The maximum Gasteiger partial charge on any atom is 0.269 e. The number of amides is 2. The lowest BCUT2D eigenvalue weighted by atomic mass is 10.1. The van der Waals surface area contributed by atoms with E-state index in [0.717, 1.165) is 5.69 Å². The molecule has 1 aromatic carbocycles. The van der Waals surface area contributed by atoms with Gasteiger partial charge in [-0.3, -0.25) is 20.4 Å². The molecule has 1 saturated heterocycles. The van der Waals surface area contributed by atoms with E-state index in [1.54, 1.807) is 47.4 Å². The lowest BCUT2D eigenvalue weighted by Gasteiger charge is -2.10. The third kappa shape index (κ3) is 4.44. The van der Waals surface area contributed by atoms with E-state index in [9.17, 15) is 18.0 Å². The Hall–Kier alpha value is -2.68. The molecule has 0 spiro atoms. The maximum absolute atomic E-state index is 12.0. The third-order valence-electron chi connectivity index (χ3n) is 4.01. The molecule has 1 fully saturated rings. The average Bonchev–Trinajstić information content (AvgIpc) is 3.22. The molecule has 132 valence electrons. The third-order valence-corrected chi connectivity index (χ3v) is 5.85. The van der Waals surface area contributed by atoms with Crippen molar-refractivity contribution >= 4 is 21.7 Å². The van der Waals surface area contributed by atoms with Crippen LogP contribution in [0.4, 0.5) is 0 Å². The van der Waals surface area contributed by atoms with Crippen LogP contribution >= 0.6 is 0 Å². The normalized spacial score (nSPS) is 18.6. The first-order valence-electron chi connectivity index (χ1n) is 7.83. The van der Waals surface area contributed by atoms with E-state index in [0.29, 0.717) is 12.0 Å². The number of benzene rings is 1. The largest absolute Gasteiger partial charge is 0.273 e. The predicted molar refractivity (Wildman–Crippen MR) is 90.6 cm³/mol. The van der Waals surface area contributed by atoms with Crippen molar-refractivity contribution in [1.29, 1.82) is 0 Å². The van der Waals surface area contributed by atoms with Gasteiger partial charge in [-0.2, -0.15) is 5.10 Å². The van der Waals surface area contributed by atoms with Gasteiger partial charge in [-0.1, -0.05) is 0 Å². The summed E-state index contributed by atoms with van der Waals surface area (Å²) in [7, 11) is -3.01. The van der Waals surface area contributed by atoms with Crippen LogP contribution in [-0.4, -0.2) is 41.5 Å². The van der Waals surface area contributed by atoms with E-state index in [1.165, 1.54) is 0 Å². The number of hydrazine groups is 1. The molecule has 3 rings (SSSR count). The molecule has 25 heavy (non-hydrogen) atoms. The molecule has 0 saturated carbocycles. The molecule has 0 unspecified atom stereocenters. The number of nitrogens with zero attached hydrogens (tertiary/aromatic N) is 2. The molecule has 0 radical (unpaired) electrons. The number of hydrogen-bond donors (Lipinski definition) is 2. The molecule has 0 aliphatic carbocycles. The fraction of sp³-hybridized carbons (Fsp3) is 0.312. The van der Waals surface area contributed by atoms with Crippen LogP contribution in [0, 0.1) is 5.92 Å². The number of aromatic nitrogens is 2. The van der Waals surface area contributed by atoms with Gasteiger partial charge in [0.2, 0.25) is 5.91 Å². The summed E-state index contributed by atoms with van der Waals surface area (Å²) < 4.78 is 24.4. The van der Waals surface area contributed by atoms with Gasteiger partial charge in [-0.25, -0.2) is 13.1 Å². The van der Waals surface area contributed by atoms with Gasteiger partial charge in [-0.15, -0.1) is 0 Å². The van der Waals surface area contributed by atoms with Crippen LogP contribution in [0.3, 0.4) is 0 Å². The number of hydrogen-bond acceptors (Lipinski definition) is 5. The molecule has 2 aromatic rings. The number of carbonyl (C=O) groups excluding carboxylic acids is 2. The number of nitrogens with one attached hydrogen (secondary N) is 2. The fourth-order valence-electron chi connectivity index (χ4n) is 2.73. The molecule has 1 aliphatic heterocycles. The van der Waals surface area contributed by atoms with Crippen molar-refractivity contribution in [3.05, 3.63) is 48.3 Å². The zero-order chi connectivity index (χ0) is 17.9. The summed E-state index contributed by atoms with van der Waals surface area (Å²) in [6.07, 6.45) is 4.01. The SMILES string of the molecule is O=C(C[C@@H]1CCS(=O)(=O)C1)NNC(=O)c1ccc(-n2cccn2)cc1. The van der Waals surface area contributed by atoms with E-state index in [4.69, 9.17) is 0 Å². The molecular formula is C16H18N4O4S. The molecule has 0 bridgehead atoms. The van der Waals surface area contributed by atoms with Gasteiger partial charge in [0, 0.05) is 24.4 Å². The minimum absolute atomic E-state index is 0.0310. The highest BCUT2D eigenvalue weighted by molar-refractivity contribution is 7.91. The fourth-order valence-corrected chi connectivity index (χ4v) is 4.59. The summed E-state index contributed by atoms with van der Waals surface area (Å²) >= 11 is 0. The Morgan fingerprint density at radius 3 is 2.56 bits per heavy atom. The van der Waals surface area contributed by atoms with Gasteiger partial charge < -0.3 is 0 Å². The van der Waals surface area contributed by atoms with Crippen molar-refractivity contribution in [3.63, 3.8) is 0 Å². The smallest absolute Gasteiger partial charge is 0.269 e. The summed E-state index contributed by atoms with van der Waals surface area (Å²) in [5, 5.41) is 4.10. The summed E-state index contributed by atoms with van der Waals surface area (Å²) in [6, 6.07) is 8.54. The predicted octanol–water partition coefficient (Wildman–Crippen LogP) is 0.458. The number of carbonyl (C=O) groups is 2. The van der Waals surface area contributed by atoms with Crippen molar-refractivity contribution in [2.24, 2.45) is 5.92 Å². The standard InChI is InChI=1S/C16H18N4O4S/c21-15(10-12-6-9-25(23,24)11-12)18-19-16(22)13-2-4-14(5-3-13)20-8-1-7-17-20/h1-5,7-8,12H,6,9-11H2,(H,18,21)(H,19,22)/t12-/m0/s1. The Labute approximate surface area is 145 Å². The molecular weight excluding hydrogens is 344 g/mol. The highest BCUT2D eigenvalue weighted by Gasteiger charge is 2.29. The molecule has 1 atom stereocenters. The molecule has 2 amide bonds. The molecule has 1 aromatic heterocycles. The Kier molecular flexibility index (Phi) is 4.84. The Morgan fingerprint density at radius 2 is 1.96 bits per heavy atom. The van der Waals surface area contributed by atoms with E-state index in [1.807, 2.05) is 0 Å². The van der Waals surface area contributed by atoms with Crippen molar-refractivity contribution in [2.45, 2.75) is 12.8 Å². The second-order valence-corrected chi connectivity index (χ2v) is 8.20. The zero-order valence-electron chi connectivity index (χ0n) is 13.4. The molecule has 2 heterocycles. The number of rotatable bonds is 4. The van der Waals surface area contributed by atoms with Gasteiger partial charge in [0.25, 0.3) is 5.91 Å². The minimum atomic E-state index is -3.01. The Morgan fingerprint density at radius 1 is 1.20 bits per heavy atom. The topological polar surface area (TPSA) is 110 Å². The first-order chi connectivity index (χ1) is 11.9. The number of sulfone groups is 1. The van der Waals surface area contributed by atoms with E-state index >= 15 is 0 Å². The van der Waals surface area contributed by atoms with Crippen LogP contribution in [0.5, 0.6) is 0 Å². The van der Waals surface area contributed by atoms with Gasteiger partial charge in [0.1, 0.15) is 0 Å². The van der Waals surface area contributed by atoms with Crippen molar-refractivity contribution in [3.8, 4) is 5.69 Å². The second-order valence-electron chi connectivity index (χ2n) is 5.97. The van der Waals surface area contributed by atoms with Crippen molar-refractivity contribution in [1.82, 2.24) is 20.6 Å². The summed E-state index contributed by atoms with van der Waals surface area (Å²) in [4.78, 5) is 23.9. The van der Waals surface area contributed by atoms with Crippen LogP contribution in [0.1, 0.15) is 23.2 Å². The molecule has 8 nitrogen and oxygen atoms in total. The Bertz CT molecular complexity index is 860. The molecule has 9 heteroatoms. The maximum atomic E-state index is 12.0. The summed E-state index contributed by atoms with van der Waals surface area (Å²) in [5.41, 5.74) is 5.87. The highest BCUT2D eigenvalue weighted by Crippen LogP contribution is 2.21. The summed E-state index contributed by atoms with van der Waals surface area (Å²) in [5.74, 6) is -0.873. The van der Waals surface area contributed by atoms with Gasteiger partial charge in [0.05, 0.1) is 17.2 Å². The average molecular weight is 362 g/mol. The first-order valence-corrected chi connectivity index (χ1v) is 9.65. The van der Waals surface area contributed by atoms with Gasteiger partial charge in [0.15, 0.2) is 9.84 Å². The second kappa shape index (κ2) is 7.06. The monoisotopic (exact) mass is 362 g/mol. The van der Waals surface area contributed by atoms with E-state index in [2.05, 4.69) is 16.0 Å². The lowest BCUT2D eigenvalue weighted by Crippen LogP contribution is -2.42. The van der Waals surface area contributed by atoms with Gasteiger partial charge in [-0.05, 0) is 42.7 Å². The molecule has 2 N–H and O–H groups in total. The van der Waals surface area contributed by atoms with E-state index < -0.39 is 21.7 Å². The summed E-state index contributed by atoms with van der Waals surface area (Å²) in [6.45, 7) is 0. The van der Waals surface area contributed by atoms with Crippen LogP contribution in [0.15, 0.2) is 42.7 Å². The van der Waals surface area contributed by atoms with Crippen LogP contribution in [0.2, 0.25) is 0 Å². The van der Waals surface area contributed by atoms with Crippen molar-refractivity contribution < 1.29 is 18.0 Å². The highest BCUT2D eigenvalue weighted by atomic mass is 32.2. The Balaban J connectivity index is 1.50. The lowest BCUT2D eigenvalue weighted by molar-refractivity contribution is -0.122. The molecule has 1 aliphatic rings. The van der Waals surface area contributed by atoms with Crippen molar-refractivity contribution in [2.75, 3.05) is 11.5 Å². The van der Waals surface area contributed by atoms with E-state index in [-0.39, 0.29) is 23.8 Å². The van der Waals surface area contributed by atoms with Crippen LogP contribution in [0.25, 0.3) is 5.69 Å². The first kappa shape index (κ1) is 17.2. The quantitative estimate of drug-likeness (QED) is 0.768.